The molecule has 1 N–H and O–H groups in total. The van der Waals surface area contributed by atoms with Crippen LogP contribution in [0.25, 0.3) is 11.0 Å². The van der Waals surface area contributed by atoms with E-state index in [1.165, 1.54) is 0 Å². The molecule has 5 nitrogen and oxygen atoms in total. The van der Waals surface area contributed by atoms with E-state index < -0.39 is 0 Å². The molecule has 0 radical (unpaired) electrons. The Balaban J connectivity index is 1.70. The van der Waals surface area contributed by atoms with E-state index in [1.54, 1.807) is 0 Å². The van der Waals surface area contributed by atoms with Gasteiger partial charge >= 0.3 is 0 Å². The Morgan fingerprint density at radius 1 is 1.36 bits per heavy atom. The molecule has 1 aromatic heterocycles. The topological polar surface area (TPSA) is 50.2 Å². The van der Waals surface area contributed by atoms with E-state index in [-0.39, 0.29) is 11.8 Å². The van der Waals surface area contributed by atoms with Crippen LogP contribution in [0.15, 0.2) is 36.9 Å². The molecule has 1 aromatic carbocycles. The second-order valence-corrected chi connectivity index (χ2v) is 7.20. The number of amides is 1. The first-order valence-electron chi connectivity index (χ1n) is 9.19. The third kappa shape index (κ3) is 3.86. The number of piperidine rings is 1. The normalized spacial score (nSPS) is 15.7. The molecule has 1 amide bonds. The summed E-state index contributed by atoms with van der Waals surface area (Å²) >= 11 is 0. The SMILES string of the molecule is C=CCn1c(N2CCC(C(=O)NCC(C)C)CC2)nc2ccccc21. The van der Waals surface area contributed by atoms with E-state index in [0.717, 1.165) is 56.0 Å². The molecule has 0 bridgehead atoms. The van der Waals surface area contributed by atoms with Crippen molar-refractivity contribution in [1.82, 2.24) is 14.9 Å². The van der Waals surface area contributed by atoms with Gasteiger partial charge in [-0.15, -0.1) is 6.58 Å². The van der Waals surface area contributed by atoms with Gasteiger partial charge < -0.3 is 14.8 Å². The van der Waals surface area contributed by atoms with Gasteiger partial charge in [0.2, 0.25) is 11.9 Å². The predicted octanol–water partition coefficient (Wildman–Crippen LogP) is 3.21. The number of carbonyl (C=O) groups excluding carboxylic acids is 1. The summed E-state index contributed by atoms with van der Waals surface area (Å²) in [5, 5.41) is 3.07. The monoisotopic (exact) mass is 340 g/mol. The van der Waals surface area contributed by atoms with Crippen molar-refractivity contribution < 1.29 is 4.79 Å². The summed E-state index contributed by atoms with van der Waals surface area (Å²) in [4.78, 5) is 19.4. The van der Waals surface area contributed by atoms with Crippen LogP contribution in [0.4, 0.5) is 5.95 Å². The number of nitrogens with zero attached hydrogens (tertiary/aromatic N) is 3. The second-order valence-electron chi connectivity index (χ2n) is 7.20. The number of carbonyl (C=O) groups is 1. The number of nitrogens with one attached hydrogen (secondary N) is 1. The summed E-state index contributed by atoms with van der Waals surface area (Å²) in [6.07, 6.45) is 3.66. The Kier molecular flexibility index (Phi) is 5.41. The van der Waals surface area contributed by atoms with Crippen LogP contribution in [0.1, 0.15) is 26.7 Å². The lowest BCUT2D eigenvalue weighted by molar-refractivity contribution is -0.125. The number of para-hydroxylation sites is 2. The molecule has 2 heterocycles. The largest absolute Gasteiger partial charge is 0.356 e. The molecule has 0 atom stereocenters. The number of benzene rings is 1. The third-order valence-electron chi connectivity index (χ3n) is 4.78. The minimum atomic E-state index is 0.118. The second kappa shape index (κ2) is 7.72. The van der Waals surface area contributed by atoms with Crippen molar-refractivity contribution in [3.63, 3.8) is 0 Å². The van der Waals surface area contributed by atoms with Crippen LogP contribution in [-0.2, 0) is 11.3 Å². The highest BCUT2D eigenvalue weighted by atomic mass is 16.1. The van der Waals surface area contributed by atoms with E-state index in [1.807, 2.05) is 24.3 Å². The van der Waals surface area contributed by atoms with Gasteiger partial charge in [0, 0.05) is 32.1 Å². The Bertz CT molecular complexity index is 741. The summed E-state index contributed by atoms with van der Waals surface area (Å²) < 4.78 is 2.21. The first-order chi connectivity index (χ1) is 12.1. The van der Waals surface area contributed by atoms with Crippen molar-refractivity contribution in [2.45, 2.75) is 33.2 Å². The molecule has 2 aromatic rings. The van der Waals surface area contributed by atoms with Gasteiger partial charge in [0.1, 0.15) is 0 Å². The molecule has 0 aliphatic carbocycles. The predicted molar refractivity (Wildman–Crippen MR) is 103 cm³/mol. The van der Waals surface area contributed by atoms with Crippen molar-refractivity contribution in [3.8, 4) is 0 Å². The number of rotatable bonds is 6. The van der Waals surface area contributed by atoms with Crippen LogP contribution >= 0.6 is 0 Å². The van der Waals surface area contributed by atoms with Crippen molar-refractivity contribution in [1.29, 1.82) is 0 Å². The molecule has 1 saturated heterocycles. The zero-order valence-electron chi connectivity index (χ0n) is 15.2. The van der Waals surface area contributed by atoms with Gasteiger partial charge in [0.15, 0.2) is 0 Å². The average molecular weight is 340 g/mol. The lowest BCUT2D eigenvalue weighted by Crippen LogP contribution is -2.42. The van der Waals surface area contributed by atoms with Crippen molar-refractivity contribution in [3.05, 3.63) is 36.9 Å². The van der Waals surface area contributed by atoms with Crippen LogP contribution in [0.3, 0.4) is 0 Å². The number of allylic oxidation sites excluding steroid dienone is 1. The first-order valence-corrected chi connectivity index (χ1v) is 9.19. The minimum absolute atomic E-state index is 0.118. The number of fused-ring (bicyclic) bond motifs is 1. The smallest absolute Gasteiger partial charge is 0.223 e. The van der Waals surface area contributed by atoms with Gasteiger partial charge in [0.05, 0.1) is 11.0 Å². The van der Waals surface area contributed by atoms with E-state index in [2.05, 4.69) is 41.3 Å². The van der Waals surface area contributed by atoms with Gasteiger partial charge in [-0.05, 0) is 30.9 Å². The summed E-state index contributed by atoms with van der Waals surface area (Å²) in [7, 11) is 0. The first kappa shape index (κ1) is 17.5. The maximum Gasteiger partial charge on any atom is 0.223 e. The van der Waals surface area contributed by atoms with Gasteiger partial charge in [-0.2, -0.15) is 0 Å². The summed E-state index contributed by atoms with van der Waals surface area (Å²) in [6.45, 7) is 11.3. The Labute approximate surface area is 149 Å². The van der Waals surface area contributed by atoms with E-state index in [0.29, 0.717) is 5.92 Å². The van der Waals surface area contributed by atoms with Crippen LogP contribution in [0.5, 0.6) is 0 Å². The summed E-state index contributed by atoms with van der Waals surface area (Å²) in [5.41, 5.74) is 2.14. The lowest BCUT2D eigenvalue weighted by Gasteiger charge is -2.32. The number of aromatic nitrogens is 2. The third-order valence-corrected chi connectivity index (χ3v) is 4.78. The van der Waals surface area contributed by atoms with Crippen molar-refractivity contribution in [2.24, 2.45) is 11.8 Å². The molecule has 1 aliphatic rings. The molecule has 134 valence electrons. The van der Waals surface area contributed by atoms with Gasteiger partial charge in [-0.3, -0.25) is 4.79 Å². The Morgan fingerprint density at radius 2 is 2.08 bits per heavy atom. The fourth-order valence-electron chi connectivity index (χ4n) is 3.40. The molecule has 3 rings (SSSR count). The molecule has 25 heavy (non-hydrogen) atoms. The minimum Gasteiger partial charge on any atom is -0.356 e. The zero-order chi connectivity index (χ0) is 17.8. The van der Waals surface area contributed by atoms with Gasteiger partial charge in [-0.1, -0.05) is 32.1 Å². The molecule has 5 heteroatoms. The van der Waals surface area contributed by atoms with E-state index in [9.17, 15) is 4.79 Å². The van der Waals surface area contributed by atoms with Crippen LogP contribution in [0, 0.1) is 11.8 Å². The number of imidazole rings is 1. The van der Waals surface area contributed by atoms with E-state index >= 15 is 0 Å². The molecule has 1 aliphatic heterocycles. The quantitative estimate of drug-likeness (QED) is 0.822. The molecular formula is C20H28N4O. The molecule has 0 saturated carbocycles. The molecular weight excluding hydrogens is 312 g/mol. The number of hydrogen-bond donors (Lipinski definition) is 1. The maximum absolute atomic E-state index is 12.3. The van der Waals surface area contributed by atoms with Crippen molar-refractivity contribution in [2.75, 3.05) is 24.5 Å². The maximum atomic E-state index is 12.3. The van der Waals surface area contributed by atoms with Gasteiger partial charge in [-0.25, -0.2) is 4.98 Å². The average Bonchev–Trinajstić information content (AvgIpc) is 2.99. The highest BCUT2D eigenvalue weighted by molar-refractivity contribution is 5.80. The number of anilines is 1. The highest BCUT2D eigenvalue weighted by Crippen LogP contribution is 2.27. The fourth-order valence-corrected chi connectivity index (χ4v) is 3.40. The molecule has 1 fully saturated rings. The summed E-state index contributed by atoms with van der Waals surface area (Å²) in [6, 6.07) is 8.20. The van der Waals surface area contributed by atoms with E-state index in [4.69, 9.17) is 4.98 Å². The Morgan fingerprint density at radius 3 is 2.76 bits per heavy atom. The van der Waals surface area contributed by atoms with Crippen LogP contribution in [-0.4, -0.2) is 35.1 Å². The lowest BCUT2D eigenvalue weighted by atomic mass is 9.96. The standard InChI is InChI=1S/C20H28N4O/c1-4-11-24-18-8-6-5-7-17(18)22-20(24)23-12-9-16(10-13-23)19(25)21-14-15(2)3/h4-8,15-16H,1,9-14H2,2-3H3,(H,21,25). The fraction of sp³-hybridized carbons (Fsp3) is 0.500. The highest BCUT2D eigenvalue weighted by Gasteiger charge is 2.27. The molecule has 0 spiro atoms. The van der Waals surface area contributed by atoms with Crippen LogP contribution < -0.4 is 10.2 Å². The zero-order valence-corrected chi connectivity index (χ0v) is 15.2. The van der Waals surface area contributed by atoms with Gasteiger partial charge in [0.25, 0.3) is 0 Å². The molecule has 0 unspecified atom stereocenters. The van der Waals surface area contributed by atoms with Crippen LogP contribution in [0.2, 0.25) is 0 Å². The van der Waals surface area contributed by atoms with Crippen molar-refractivity contribution >= 4 is 22.9 Å². The Hall–Kier alpha value is -2.30. The summed E-state index contributed by atoms with van der Waals surface area (Å²) in [5.74, 6) is 1.80. The number of hydrogen-bond acceptors (Lipinski definition) is 3.